The summed E-state index contributed by atoms with van der Waals surface area (Å²) in [6, 6.07) is 21.6. The molecular formula is C31H38N2O5S. The second-order valence-corrected chi connectivity index (χ2v) is 13.7. The van der Waals surface area contributed by atoms with E-state index in [0.717, 1.165) is 11.3 Å². The van der Waals surface area contributed by atoms with Gasteiger partial charge in [-0.15, -0.1) is 0 Å². The van der Waals surface area contributed by atoms with E-state index in [0.29, 0.717) is 11.4 Å². The first-order chi connectivity index (χ1) is 18.3. The minimum atomic E-state index is -3.93. The minimum absolute atomic E-state index is 0.0569. The molecule has 0 bridgehead atoms. The molecule has 1 heterocycles. The van der Waals surface area contributed by atoms with Crippen molar-refractivity contribution in [2.45, 2.75) is 63.4 Å². The summed E-state index contributed by atoms with van der Waals surface area (Å²) in [4.78, 5) is 13.3. The van der Waals surface area contributed by atoms with E-state index in [1.807, 2.05) is 36.4 Å². The van der Waals surface area contributed by atoms with Gasteiger partial charge < -0.3 is 14.8 Å². The molecule has 1 aliphatic heterocycles. The fourth-order valence-electron chi connectivity index (χ4n) is 4.31. The van der Waals surface area contributed by atoms with Crippen molar-refractivity contribution in [3.05, 3.63) is 83.9 Å². The third-order valence-electron chi connectivity index (χ3n) is 6.71. The van der Waals surface area contributed by atoms with Crippen molar-refractivity contribution in [1.29, 1.82) is 0 Å². The van der Waals surface area contributed by atoms with Gasteiger partial charge in [0.25, 0.3) is 15.9 Å². The number of benzene rings is 3. The Morgan fingerprint density at radius 2 is 1.54 bits per heavy atom. The van der Waals surface area contributed by atoms with Crippen molar-refractivity contribution in [3.63, 3.8) is 0 Å². The topological polar surface area (TPSA) is 84.9 Å². The summed E-state index contributed by atoms with van der Waals surface area (Å²) >= 11 is 0. The Bertz CT molecular complexity index is 1410. The number of fused-ring (bicyclic) bond motifs is 1. The molecule has 4 rings (SSSR count). The van der Waals surface area contributed by atoms with E-state index in [-0.39, 0.29) is 35.4 Å². The Kier molecular flexibility index (Phi) is 7.98. The Morgan fingerprint density at radius 1 is 0.923 bits per heavy atom. The van der Waals surface area contributed by atoms with E-state index in [1.54, 1.807) is 36.4 Å². The summed E-state index contributed by atoms with van der Waals surface area (Å²) in [5.74, 6) is 0.666. The zero-order valence-electron chi connectivity index (χ0n) is 23.5. The van der Waals surface area contributed by atoms with E-state index < -0.39 is 22.0 Å². The number of nitrogens with zero attached hydrogens (tertiary/aromatic N) is 1. The lowest BCUT2D eigenvalue weighted by molar-refractivity contribution is -0.127. The van der Waals surface area contributed by atoms with Gasteiger partial charge in [-0.1, -0.05) is 77.9 Å². The number of carbonyl (C=O) groups is 1. The molecule has 1 amide bonds. The maximum absolute atomic E-state index is 13.7. The maximum atomic E-state index is 13.7. The number of hydrogen-bond donors (Lipinski definition) is 1. The molecule has 1 atom stereocenters. The number of nitrogens with one attached hydrogen (secondary N) is 1. The van der Waals surface area contributed by atoms with Crippen LogP contribution in [0.2, 0.25) is 0 Å². The molecule has 3 aromatic carbocycles. The summed E-state index contributed by atoms with van der Waals surface area (Å²) in [6.45, 7) is 13.0. The zero-order chi connectivity index (χ0) is 28.4. The predicted octanol–water partition coefficient (Wildman–Crippen LogP) is 5.43. The molecule has 0 aromatic heterocycles. The second-order valence-electron chi connectivity index (χ2n) is 11.8. The van der Waals surface area contributed by atoms with Crippen molar-refractivity contribution in [3.8, 4) is 11.5 Å². The number of ether oxygens (including phenoxy) is 2. The van der Waals surface area contributed by atoms with Gasteiger partial charge >= 0.3 is 0 Å². The normalized spacial score (nSPS) is 15.7. The Labute approximate surface area is 232 Å². The molecule has 0 aliphatic carbocycles. The van der Waals surface area contributed by atoms with Crippen molar-refractivity contribution in [2.75, 3.05) is 24.0 Å². The SMILES string of the molecule is CC(C)(C)c1ccc(OCCNC(=O)[C@H]2CN(S(=O)(=O)c3ccccc3)c3cc(C(C)(C)C)ccc3O2)cc1. The smallest absolute Gasteiger partial charge is 0.264 e. The van der Waals surface area contributed by atoms with Crippen LogP contribution in [-0.4, -0.2) is 40.1 Å². The number of anilines is 1. The highest BCUT2D eigenvalue weighted by Crippen LogP contribution is 2.40. The molecule has 0 fully saturated rings. The largest absolute Gasteiger partial charge is 0.492 e. The fraction of sp³-hybridized carbons (Fsp3) is 0.387. The van der Waals surface area contributed by atoms with Gasteiger partial charge in [-0.3, -0.25) is 9.10 Å². The van der Waals surface area contributed by atoms with Gasteiger partial charge in [-0.05, 0) is 58.4 Å². The summed E-state index contributed by atoms with van der Waals surface area (Å²) < 4.78 is 40.5. The zero-order valence-corrected chi connectivity index (χ0v) is 24.3. The quantitative estimate of drug-likeness (QED) is 0.397. The van der Waals surface area contributed by atoms with E-state index in [2.05, 4.69) is 46.9 Å². The van der Waals surface area contributed by atoms with Gasteiger partial charge in [0.15, 0.2) is 6.10 Å². The van der Waals surface area contributed by atoms with E-state index in [9.17, 15) is 13.2 Å². The first-order valence-electron chi connectivity index (χ1n) is 13.2. The number of carbonyl (C=O) groups excluding carboxylic acids is 1. The van der Waals surface area contributed by atoms with Gasteiger partial charge in [0.2, 0.25) is 0 Å². The molecule has 0 saturated heterocycles. The molecule has 0 saturated carbocycles. The summed E-state index contributed by atoms with van der Waals surface area (Å²) in [5.41, 5.74) is 2.47. The van der Waals surface area contributed by atoms with Gasteiger partial charge in [-0.2, -0.15) is 0 Å². The minimum Gasteiger partial charge on any atom is -0.492 e. The van der Waals surface area contributed by atoms with Crippen LogP contribution in [0, 0.1) is 0 Å². The van der Waals surface area contributed by atoms with Gasteiger partial charge in [-0.25, -0.2) is 8.42 Å². The molecule has 208 valence electrons. The van der Waals surface area contributed by atoms with Crippen LogP contribution in [0.4, 0.5) is 5.69 Å². The molecule has 0 unspecified atom stereocenters. The highest BCUT2D eigenvalue weighted by molar-refractivity contribution is 7.92. The summed E-state index contributed by atoms with van der Waals surface area (Å²) in [7, 11) is -3.93. The molecule has 39 heavy (non-hydrogen) atoms. The molecule has 7 nitrogen and oxygen atoms in total. The van der Waals surface area contributed by atoms with Gasteiger partial charge in [0.05, 0.1) is 23.7 Å². The van der Waals surface area contributed by atoms with Gasteiger partial charge in [0, 0.05) is 0 Å². The molecule has 3 aromatic rings. The lowest BCUT2D eigenvalue weighted by Crippen LogP contribution is -2.51. The van der Waals surface area contributed by atoms with Crippen LogP contribution in [0.5, 0.6) is 11.5 Å². The average molecular weight is 551 g/mol. The number of hydrogen-bond acceptors (Lipinski definition) is 5. The van der Waals surface area contributed by atoms with Crippen LogP contribution in [-0.2, 0) is 25.6 Å². The highest BCUT2D eigenvalue weighted by atomic mass is 32.2. The Balaban J connectivity index is 1.48. The molecule has 1 aliphatic rings. The standard InChI is InChI=1S/C31H38N2O5S/c1-30(2,3)22-12-15-24(16-13-22)37-19-18-32-29(34)28-21-33(39(35,36)25-10-8-7-9-11-25)26-20-23(31(4,5)6)14-17-27(26)38-28/h7-17,20,28H,18-19,21H2,1-6H3,(H,32,34)/t28-/m1/s1. The predicted molar refractivity (Wildman–Crippen MR) is 154 cm³/mol. The van der Waals surface area contributed by atoms with Crippen LogP contribution in [0.3, 0.4) is 0 Å². The number of rotatable bonds is 7. The van der Waals surface area contributed by atoms with Crippen LogP contribution < -0.4 is 19.1 Å². The third-order valence-corrected chi connectivity index (χ3v) is 8.50. The Hall–Kier alpha value is -3.52. The lowest BCUT2D eigenvalue weighted by atomic mass is 9.86. The van der Waals surface area contributed by atoms with Crippen molar-refractivity contribution >= 4 is 21.6 Å². The third kappa shape index (κ3) is 6.56. The van der Waals surface area contributed by atoms with Crippen molar-refractivity contribution in [2.24, 2.45) is 0 Å². The van der Waals surface area contributed by atoms with Crippen LogP contribution in [0.1, 0.15) is 52.7 Å². The summed E-state index contributed by atoms with van der Waals surface area (Å²) in [6.07, 6.45) is -1.01. The van der Waals surface area contributed by atoms with Crippen LogP contribution >= 0.6 is 0 Å². The van der Waals surface area contributed by atoms with Crippen molar-refractivity contribution < 1.29 is 22.7 Å². The molecule has 0 spiro atoms. The lowest BCUT2D eigenvalue weighted by Gasteiger charge is -2.36. The summed E-state index contributed by atoms with van der Waals surface area (Å²) in [5, 5.41) is 2.83. The van der Waals surface area contributed by atoms with E-state index in [1.165, 1.54) is 9.87 Å². The first kappa shape index (κ1) is 28.5. The number of amides is 1. The first-order valence-corrected chi connectivity index (χ1v) is 14.6. The number of sulfonamides is 1. The molecular weight excluding hydrogens is 512 g/mol. The maximum Gasteiger partial charge on any atom is 0.264 e. The fourth-order valence-corrected chi connectivity index (χ4v) is 5.80. The Morgan fingerprint density at radius 3 is 2.15 bits per heavy atom. The van der Waals surface area contributed by atoms with E-state index in [4.69, 9.17) is 9.47 Å². The molecule has 1 N–H and O–H groups in total. The van der Waals surface area contributed by atoms with Crippen molar-refractivity contribution in [1.82, 2.24) is 5.32 Å². The molecule has 0 radical (unpaired) electrons. The highest BCUT2D eigenvalue weighted by Gasteiger charge is 2.38. The van der Waals surface area contributed by atoms with E-state index >= 15 is 0 Å². The average Bonchev–Trinajstić information content (AvgIpc) is 2.89. The van der Waals surface area contributed by atoms with Crippen LogP contribution in [0.15, 0.2) is 77.7 Å². The van der Waals surface area contributed by atoms with Crippen LogP contribution in [0.25, 0.3) is 0 Å². The molecule has 8 heteroatoms. The van der Waals surface area contributed by atoms with Gasteiger partial charge in [0.1, 0.15) is 18.1 Å². The monoisotopic (exact) mass is 550 g/mol. The second kappa shape index (κ2) is 10.9.